The van der Waals surface area contributed by atoms with E-state index in [9.17, 15) is 2.74 Å². The summed E-state index contributed by atoms with van der Waals surface area (Å²) in [7, 11) is 0. The maximum absolute atomic E-state index is 9.24. The predicted molar refractivity (Wildman–Crippen MR) is 256 cm³/mol. The molecule has 0 unspecified atom stereocenters. The highest BCUT2D eigenvalue weighted by Gasteiger charge is 2.22. The summed E-state index contributed by atoms with van der Waals surface area (Å²) in [5.41, 5.74) is 9.39. The van der Waals surface area contributed by atoms with Crippen molar-refractivity contribution in [2.75, 3.05) is 0 Å². The molecule has 0 saturated carbocycles. The quantitative estimate of drug-likeness (QED) is 0.161. The van der Waals surface area contributed by atoms with Crippen molar-refractivity contribution in [3.05, 3.63) is 224 Å². The SMILES string of the molecule is [2H]c1c([2H])c([2H])c2c(c1[2H])c1c([2H])c([2H])c([2H])c([2H])c1n2-c1cccc2c1c1ccccc1n2-c1ccc(-c2ccccc2)c(-c2nc(-c3ccccc3)nc(-c3ccc(-c4ccccc4)cc3)n2)c1. The van der Waals surface area contributed by atoms with Gasteiger partial charge in [-0.15, -0.1) is 0 Å². The van der Waals surface area contributed by atoms with Crippen LogP contribution in [0, 0.1) is 0 Å². The summed E-state index contributed by atoms with van der Waals surface area (Å²) in [6, 6.07) is 54.7. The third-order valence-corrected chi connectivity index (χ3v) is 11.5. The summed E-state index contributed by atoms with van der Waals surface area (Å²) in [5, 5.41) is 1.56. The Morgan fingerprint density at radius 3 is 1.53 bits per heavy atom. The Labute approximate surface area is 369 Å². The number of rotatable bonds is 7. The molecular formula is C57H37N5. The summed E-state index contributed by atoms with van der Waals surface area (Å²) in [5.74, 6) is 1.49. The van der Waals surface area contributed by atoms with Crippen molar-refractivity contribution < 1.29 is 11.0 Å². The molecule has 0 atom stereocenters. The molecule has 0 spiro atoms. The van der Waals surface area contributed by atoms with Gasteiger partial charge in [-0.3, -0.25) is 0 Å². The van der Waals surface area contributed by atoms with Crippen LogP contribution in [-0.4, -0.2) is 24.1 Å². The average molecular weight is 800 g/mol. The molecule has 0 N–H and O–H groups in total. The van der Waals surface area contributed by atoms with Crippen LogP contribution in [0.5, 0.6) is 0 Å². The fraction of sp³-hybridized carbons (Fsp3) is 0. The molecule has 62 heavy (non-hydrogen) atoms. The van der Waals surface area contributed by atoms with Crippen LogP contribution >= 0.6 is 0 Å². The van der Waals surface area contributed by atoms with Crippen molar-refractivity contribution in [3.63, 3.8) is 0 Å². The molecule has 0 radical (unpaired) electrons. The van der Waals surface area contributed by atoms with Crippen LogP contribution in [0.2, 0.25) is 0 Å². The zero-order valence-electron chi connectivity index (χ0n) is 41.0. The highest BCUT2D eigenvalue weighted by Crippen LogP contribution is 2.41. The molecule has 0 aliphatic carbocycles. The highest BCUT2D eigenvalue weighted by molar-refractivity contribution is 6.16. The van der Waals surface area contributed by atoms with Gasteiger partial charge in [-0.1, -0.05) is 182 Å². The monoisotopic (exact) mass is 799 g/mol. The first-order chi connectivity index (χ1) is 34.1. The second-order valence-corrected chi connectivity index (χ2v) is 15.0. The summed E-state index contributed by atoms with van der Waals surface area (Å²) in [4.78, 5) is 15.5. The minimum absolute atomic E-state index is 0.0219. The Morgan fingerprint density at radius 1 is 0.339 bits per heavy atom. The van der Waals surface area contributed by atoms with Crippen LogP contribution in [-0.2, 0) is 0 Å². The van der Waals surface area contributed by atoms with Gasteiger partial charge in [-0.2, -0.15) is 0 Å². The number of benzene rings is 9. The molecule has 0 aliphatic heterocycles. The van der Waals surface area contributed by atoms with Gasteiger partial charge in [-0.05, 0) is 64.7 Å². The van der Waals surface area contributed by atoms with Gasteiger partial charge in [0.25, 0.3) is 0 Å². The van der Waals surface area contributed by atoms with Crippen LogP contribution < -0.4 is 0 Å². The molecule has 12 rings (SSSR count). The zero-order valence-corrected chi connectivity index (χ0v) is 33.0. The molecule has 0 bridgehead atoms. The third kappa shape index (κ3) is 5.90. The second kappa shape index (κ2) is 14.7. The predicted octanol–water partition coefficient (Wildman–Crippen LogP) is 14.4. The van der Waals surface area contributed by atoms with Crippen molar-refractivity contribution in [1.82, 2.24) is 24.1 Å². The Kier molecular flexibility index (Phi) is 6.67. The first-order valence-corrected chi connectivity index (χ1v) is 20.3. The lowest BCUT2D eigenvalue weighted by molar-refractivity contribution is 1.07. The standard InChI is InChI=1S/C57H37N5/c1-4-17-38(18-5-1)39-31-33-42(34-32-39)56-58-55(41-21-8-3-9-22-41)59-57(60-56)48-37-43(35-36-44(48)40-19-6-2-7-20-40)61-51-28-15-12-25-47(51)54-52(61)29-16-30-53(54)62-49-26-13-10-23-45(49)46-24-11-14-27-50(46)62/h1-37H/i10D,11D,13D,14D,23D,24D,26D,27D. The van der Waals surface area contributed by atoms with Crippen molar-refractivity contribution >= 4 is 43.6 Å². The van der Waals surface area contributed by atoms with E-state index >= 15 is 0 Å². The number of para-hydroxylation sites is 3. The number of nitrogens with zero attached hydrogens (tertiary/aromatic N) is 5. The number of hydrogen-bond donors (Lipinski definition) is 0. The van der Waals surface area contributed by atoms with Crippen LogP contribution in [0.1, 0.15) is 11.0 Å². The zero-order chi connectivity index (χ0) is 47.9. The number of hydrogen-bond acceptors (Lipinski definition) is 3. The molecule has 0 aliphatic rings. The lowest BCUT2D eigenvalue weighted by Crippen LogP contribution is -2.02. The average Bonchev–Trinajstić information content (AvgIpc) is 3.96. The second-order valence-electron chi connectivity index (χ2n) is 15.0. The van der Waals surface area contributed by atoms with Gasteiger partial charge < -0.3 is 9.13 Å². The Bertz CT molecular complexity index is 4000. The van der Waals surface area contributed by atoms with E-state index in [0.29, 0.717) is 28.5 Å². The van der Waals surface area contributed by atoms with Crippen LogP contribution in [0.4, 0.5) is 0 Å². The Balaban J connectivity index is 1.13. The van der Waals surface area contributed by atoms with Gasteiger partial charge in [0, 0.05) is 43.9 Å². The van der Waals surface area contributed by atoms with Gasteiger partial charge in [0.1, 0.15) is 0 Å². The molecule has 0 saturated heterocycles. The van der Waals surface area contributed by atoms with Crippen molar-refractivity contribution in [2.45, 2.75) is 0 Å². The van der Waals surface area contributed by atoms with Crippen LogP contribution in [0.3, 0.4) is 0 Å². The molecule has 3 heterocycles. The molecule has 5 nitrogen and oxygen atoms in total. The van der Waals surface area contributed by atoms with Crippen molar-refractivity contribution in [1.29, 1.82) is 0 Å². The molecular weight excluding hydrogens is 755 g/mol. The van der Waals surface area contributed by atoms with E-state index in [0.717, 1.165) is 61.1 Å². The van der Waals surface area contributed by atoms with Gasteiger partial charge in [0.05, 0.1) is 38.7 Å². The topological polar surface area (TPSA) is 48.5 Å². The molecule has 5 heteroatoms. The van der Waals surface area contributed by atoms with E-state index < -0.39 is 24.2 Å². The normalized spacial score (nSPS) is 13.4. The van der Waals surface area contributed by atoms with Gasteiger partial charge >= 0.3 is 0 Å². The third-order valence-electron chi connectivity index (χ3n) is 11.5. The Morgan fingerprint density at radius 2 is 0.855 bits per heavy atom. The minimum atomic E-state index is -0.490. The smallest absolute Gasteiger partial charge is 0.164 e. The summed E-state index contributed by atoms with van der Waals surface area (Å²) in [6.07, 6.45) is 0. The van der Waals surface area contributed by atoms with E-state index in [1.165, 1.54) is 0 Å². The fourth-order valence-electron chi connectivity index (χ4n) is 8.64. The summed E-state index contributed by atoms with van der Waals surface area (Å²) in [6.45, 7) is 0. The van der Waals surface area contributed by atoms with E-state index in [1.807, 2.05) is 121 Å². The van der Waals surface area contributed by atoms with E-state index in [2.05, 4.69) is 59.2 Å². The highest BCUT2D eigenvalue weighted by atomic mass is 15.0. The lowest BCUT2D eigenvalue weighted by Gasteiger charge is -2.16. The van der Waals surface area contributed by atoms with Crippen LogP contribution in [0.25, 0.3) is 111 Å². The molecule has 12 aromatic rings. The van der Waals surface area contributed by atoms with Gasteiger partial charge in [0.2, 0.25) is 0 Å². The first kappa shape index (κ1) is 28.1. The largest absolute Gasteiger partial charge is 0.309 e. The summed E-state index contributed by atoms with van der Waals surface area (Å²) < 4.78 is 75.0. The molecule has 0 fully saturated rings. The van der Waals surface area contributed by atoms with Crippen molar-refractivity contribution in [3.8, 4) is 67.8 Å². The molecule has 9 aromatic carbocycles. The Hall–Kier alpha value is -8.41. The van der Waals surface area contributed by atoms with E-state index in [-0.39, 0.29) is 46.0 Å². The number of aromatic nitrogens is 5. The van der Waals surface area contributed by atoms with E-state index in [4.69, 9.17) is 23.2 Å². The van der Waals surface area contributed by atoms with E-state index in [1.54, 1.807) is 4.57 Å². The number of fused-ring (bicyclic) bond motifs is 6. The van der Waals surface area contributed by atoms with Crippen molar-refractivity contribution in [2.24, 2.45) is 0 Å². The maximum Gasteiger partial charge on any atom is 0.164 e. The van der Waals surface area contributed by atoms with Gasteiger partial charge in [0.15, 0.2) is 17.5 Å². The summed E-state index contributed by atoms with van der Waals surface area (Å²) >= 11 is 0. The minimum Gasteiger partial charge on any atom is -0.309 e. The lowest BCUT2D eigenvalue weighted by atomic mass is 9.98. The maximum atomic E-state index is 9.24. The molecule has 290 valence electrons. The molecule has 3 aromatic heterocycles. The molecule has 0 amide bonds. The van der Waals surface area contributed by atoms with Crippen LogP contribution in [0.15, 0.2) is 224 Å². The fourth-order valence-corrected chi connectivity index (χ4v) is 8.64. The van der Waals surface area contributed by atoms with Gasteiger partial charge in [-0.25, -0.2) is 15.0 Å². The first-order valence-electron chi connectivity index (χ1n) is 24.3.